The van der Waals surface area contributed by atoms with Gasteiger partial charge < -0.3 is 14.6 Å². The Balaban J connectivity index is 1.56. The normalized spacial score (nSPS) is 14.5. The second-order valence-corrected chi connectivity index (χ2v) is 7.02. The highest BCUT2D eigenvalue weighted by Gasteiger charge is 2.26. The van der Waals surface area contributed by atoms with Crippen LogP contribution in [0.25, 0.3) is 6.08 Å². The van der Waals surface area contributed by atoms with Crippen molar-refractivity contribution in [2.45, 2.75) is 45.8 Å². The molecule has 1 amide bonds. The molecule has 6 heteroatoms. The molecule has 1 heterocycles. The number of aromatic nitrogens is 1. The van der Waals surface area contributed by atoms with Crippen LogP contribution in [0.15, 0.2) is 36.4 Å². The molecule has 1 aromatic heterocycles. The van der Waals surface area contributed by atoms with E-state index in [0.29, 0.717) is 17.3 Å². The number of nitrogens with one attached hydrogen (secondary N) is 1. The molecule has 28 heavy (non-hydrogen) atoms. The van der Waals surface area contributed by atoms with Crippen molar-refractivity contribution < 1.29 is 14.3 Å². The van der Waals surface area contributed by atoms with Gasteiger partial charge in [0.25, 0.3) is 5.91 Å². The van der Waals surface area contributed by atoms with Crippen LogP contribution in [0.1, 0.15) is 48.3 Å². The first kappa shape index (κ1) is 19.4. The zero-order valence-electron chi connectivity index (χ0n) is 16.2. The number of nitriles is 1. The van der Waals surface area contributed by atoms with Gasteiger partial charge in [-0.2, -0.15) is 5.26 Å². The minimum absolute atomic E-state index is 0.432. The van der Waals surface area contributed by atoms with E-state index in [1.165, 1.54) is 31.5 Å². The van der Waals surface area contributed by atoms with E-state index in [1.54, 1.807) is 30.3 Å². The van der Waals surface area contributed by atoms with Gasteiger partial charge >= 0.3 is 5.97 Å². The summed E-state index contributed by atoms with van der Waals surface area (Å²) < 4.78 is 7.49. The summed E-state index contributed by atoms with van der Waals surface area (Å²) in [7, 11) is 0. The highest BCUT2D eigenvalue weighted by Crippen LogP contribution is 2.38. The van der Waals surface area contributed by atoms with Gasteiger partial charge in [0.05, 0.1) is 11.6 Å². The lowest BCUT2D eigenvalue weighted by molar-refractivity contribution is -0.148. The number of rotatable bonds is 6. The van der Waals surface area contributed by atoms with E-state index in [-0.39, 0.29) is 0 Å². The van der Waals surface area contributed by atoms with Crippen molar-refractivity contribution in [1.82, 2.24) is 4.57 Å². The van der Waals surface area contributed by atoms with Gasteiger partial charge in [0.15, 0.2) is 6.10 Å². The molecule has 0 spiro atoms. The zero-order valence-corrected chi connectivity index (χ0v) is 16.2. The fourth-order valence-electron chi connectivity index (χ4n) is 3.16. The summed E-state index contributed by atoms with van der Waals surface area (Å²) in [6.07, 6.45) is 4.55. The first-order valence-electron chi connectivity index (χ1n) is 9.27. The van der Waals surface area contributed by atoms with Crippen molar-refractivity contribution in [3.63, 3.8) is 0 Å². The number of ether oxygens (including phenoxy) is 1. The number of benzene rings is 1. The third-order valence-electron chi connectivity index (χ3n) is 4.78. The molecule has 1 saturated carbocycles. The summed E-state index contributed by atoms with van der Waals surface area (Å²) in [5.74, 6) is -1.00. The molecule has 0 unspecified atom stereocenters. The molecule has 1 atom stereocenters. The molecular weight excluding hydrogens is 354 g/mol. The number of carbonyl (C=O) groups is 2. The van der Waals surface area contributed by atoms with E-state index in [9.17, 15) is 9.59 Å². The Labute approximate surface area is 164 Å². The molecule has 1 aromatic carbocycles. The molecule has 3 rings (SSSR count). The van der Waals surface area contributed by atoms with Gasteiger partial charge in [0.1, 0.15) is 0 Å². The lowest BCUT2D eigenvalue weighted by Gasteiger charge is -2.12. The quantitative estimate of drug-likeness (QED) is 0.611. The van der Waals surface area contributed by atoms with Crippen LogP contribution in [0.2, 0.25) is 0 Å². The summed E-state index contributed by atoms with van der Waals surface area (Å²) in [5.41, 5.74) is 4.34. The van der Waals surface area contributed by atoms with Crippen LogP contribution in [0.4, 0.5) is 5.69 Å². The standard InChI is InChI=1S/C22H23N3O3/c1-14-12-18(15(2)25(14)20-9-10-20)6-11-21(26)28-16(3)22(27)24-19-7-4-17(13-23)5-8-19/h4-8,11-12,16,20H,9-10H2,1-3H3,(H,24,27)/b11-6+/t16-/m0/s1. The second kappa shape index (κ2) is 8.13. The van der Waals surface area contributed by atoms with Gasteiger partial charge in [-0.05, 0) is 75.6 Å². The predicted octanol–water partition coefficient (Wildman–Crippen LogP) is 3.90. The summed E-state index contributed by atoms with van der Waals surface area (Å²) in [4.78, 5) is 24.3. The maximum Gasteiger partial charge on any atom is 0.331 e. The first-order valence-corrected chi connectivity index (χ1v) is 9.27. The van der Waals surface area contributed by atoms with Crippen molar-refractivity contribution in [2.75, 3.05) is 5.32 Å². The zero-order chi connectivity index (χ0) is 20.3. The molecule has 0 radical (unpaired) electrons. The largest absolute Gasteiger partial charge is 0.449 e. The number of esters is 1. The third-order valence-corrected chi connectivity index (χ3v) is 4.78. The van der Waals surface area contributed by atoms with Crippen molar-refractivity contribution >= 4 is 23.6 Å². The molecular formula is C22H23N3O3. The Morgan fingerprint density at radius 3 is 2.57 bits per heavy atom. The molecule has 0 saturated heterocycles. The minimum atomic E-state index is -0.938. The Morgan fingerprint density at radius 2 is 1.96 bits per heavy atom. The molecule has 2 aromatic rings. The van der Waals surface area contributed by atoms with Gasteiger partial charge in [0.2, 0.25) is 0 Å². The van der Waals surface area contributed by atoms with Crippen LogP contribution in [0.5, 0.6) is 0 Å². The van der Waals surface area contributed by atoms with E-state index >= 15 is 0 Å². The Morgan fingerprint density at radius 1 is 1.29 bits per heavy atom. The fourth-order valence-corrected chi connectivity index (χ4v) is 3.16. The van der Waals surface area contributed by atoms with Crippen molar-refractivity contribution in [3.8, 4) is 6.07 Å². The Kier molecular flexibility index (Phi) is 5.65. The number of hydrogen-bond acceptors (Lipinski definition) is 4. The summed E-state index contributed by atoms with van der Waals surface area (Å²) in [5, 5.41) is 11.5. The van der Waals surface area contributed by atoms with E-state index in [4.69, 9.17) is 10.00 Å². The average molecular weight is 377 g/mol. The lowest BCUT2D eigenvalue weighted by Crippen LogP contribution is -2.29. The van der Waals surface area contributed by atoms with Crippen LogP contribution in [0, 0.1) is 25.2 Å². The van der Waals surface area contributed by atoms with E-state index < -0.39 is 18.0 Å². The summed E-state index contributed by atoms with van der Waals surface area (Å²) in [6, 6.07) is 11.1. The fraction of sp³-hybridized carbons (Fsp3) is 0.318. The van der Waals surface area contributed by atoms with E-state index in [0.717, 1.165) is 11.3 Å². The molecule has 0 bridgehead atoms. The number of aryl methyl sites for hydroxylation is 1. The molecule has 144 valence electrons. The highest BCUT2D eigenvalue weighted by molar-refractivity contribution is 5.96. The predicted molar refractivity (Wildman–Crippen MR) is 107 cm³/mol. The Bertz CT molecular complexity index is 960. The van der Waals surface area contributed by atoms with Crippen molar-refractivity contribution in [1.29, 1.82) is 5.26 Å². The third kappa shape index (κ3) is 4.49. The van der Waals surface area contributed by atoms with E-state index in [1.807, 2.05) is 13.0 Å². The number of nitrogens with zero attached hydrogens (tertiary/aromatic N) is 2. The molecule has 6 nitrogen and oxygen atoms in total. The van der Waals surface area contributed by atoms with Crippen molar-refractivity contribution in [2.24, 2.45) is 0 Å². The molecule has 1 N–H and O–H groups in total. The van der Waals surface area contributed by atoms with Crippen LogP contribution >= 0.6 is 0 Å². The van der Waals surface area contributed by atoms with E-state index in [2.05, 4.69) is 22.9 Å². The number of hydrogen-bond donors (Lipinski definition) is 1. The highest BCUT2D eigenvalue weighted by atomic mass is 16.5. The Hall–Kier alpha value is -3.33. The van der Waals surface area contributed by atoms with Crippen LogP contribution in [0.3, 0.4) is 0 Å². The first-order chi connectivity index (χ1) is 13.4. The summed E-state index contributed by atoms with van der Waals surface area (Å²) in [6.45, 7) is 5.63. The topological polar surface area (TPSA) is 84.1 Å². The number of carbonyl (C=O) groups excluding carboxylic acids is 2. The molecule has 1 aliphatic carbocycles. The van der Waals surface area contributed by atoms with Gasteiger partial charge in [-0.15, -0.1) is 0 Å². The minimum Gasteiger partial charge on any atom is -0.449 e. The van der Waals surface area contributed by atoms with Crippen LogP contribution in [-0.2, 0) is 14.3 Å². The van der Waals surface area contributed by atoms with Gasteiger partial charge in [0, 0.05) is 29.2 Å². The monoisotopic (exact) mass is 377 g/mol. The lowest BCUT2D eigenvalue weighted by atomic mass is 10.2. The van der Waals surface area contributed by atoms with Gasteiger partial charge in [-0.1, -0.05) is 0 Å². The van der Waals surface area contributed by atoms with Crippen molar-refractivity contribution in [3.05, 3.63) is 58.9 Å². The second-order valence-electron chi connectivity index (χ2n) is 7.02. The number of amides is 1. The molecule has 0 aliphatic heterocycles. The van der Waals surface area contributed by atoms with Crippen LogP contribution in [-0.4, -0.2) is 22.5 Å². The maximum absolute atomic E-state index is 12.2. The van der Waals surface area contributed by atoms with Gasteiger partial charge in [-0.25, -0.2) is 4.79 Å². The average Bonchev–Trinajstić information content (AvgIpc) is 3.46. The summed E-state index contributed by atoms with van der Waals surface area (Å²) >= 11 is 0. The molecule has 1 fully saturated rings. The maximum atomic E-state index is 12.2. The number of anilines is 1. The van der Waals surface area contributed by atoms with Gasteiger partial charge in [-0.3, -0.25) is 4.79 Å². The molecule has 1 aliphatic rings. The smallest absolute Gasteiger partial charge is 0.331 e. The SMILES string of the molecule is Cc1cc(/C=C/C(=O)O[C@@H](C)C(=O)Nc2ccc(C#N)cc2)c(C)n1C1CC1. The van der Waals surface area contributed by atoms with Crippen LogP contribution < -0.4 is 5.32 Å².